The lowest BCUT2D eigenvalue weighted by molar-refractivity contribution is -0.155. The van der Waals surface area contributed by atoms with Gasteiger partial charge in [0.2, 0.25) is 5.91 Å². The first-order valence-corrected chi connectivity index (χ1v) is 9.39. The lowest BCUT2D eigenvalue weighted by Crippen LogP contribution is -2.61. The standard InChI is InChI=1S/C13H22F3N3O2S2/c14-13(15,16)9-11(20)17-12(1-3-19(23-22)4-2-12)10-18-5-7-21-8-6-18/h22H,1-10H2,(H,17,20). The second-order valence-corrected chi connectivity index (χ2v) is 7.19. The van der Waals surface area contributed by atoms with Crippen LogP contribution in [0.2, 0.25) is 0 Å². The summed E-state index contributed by atoms with van der Waals surface area (Å²) < 4.78 is 44.7. The molecule has 0 unspecified atom stereocenters. The maximum absolute atomic E-state index is 12.5. The molecule has 0 radical (unpaired) electrons. The molecular formula is C13H22F3N3O2S2. The lowest BCUT2D eigenvalue weighted by Gasteiger charge is -2.45. The summed E-state index contributed by atoms with van der Waals surface area (Å²) in [6.45, 7) is 4.64. The van der Waals surface area contributed by atoms with Gasteiger partial charge < -0.3 is 10.1 Å². The fourth-order valence-corrected chi connectivity index (χ4v) is 3.86. The Balaban J connectivity index is 2.00. The van der Waals surface area contributed by atoms with Crippen molar-refractivity contribution in [1.29, 1.82) is 0 Å². The van der Waals surface area contributed by atoms with Crippen LogP contribution in [-0.4, -0.2) is 72.8 Å². The maximum Gasteiger partial charge on any atom is 0.397 e. The molecule has 0 aromatic carbocycles. The molecule has 1 N–H and O–H groups in total. The molecule has 2 heterocycles. The summed E-state index contributed by atoms with van der Waals surface area (Å²) in [6.07, 6.45) is -4.68. The molecule has 2 saturated heterocycles. The van der Waals surface area contributed by atoms with Crippen molar-refractivity contribution >= 4 is 28.5 Å². The second kappa shape index (κ2) is 8.28. The Hall–Kier alpha value is -0.160. The van der Waals surface area contributed by atoms with Crippen LogP contribution in [0.4, 0.5) is 13.2 Å². The molecule has 0 saturated carbocycles. The van der Waals surface area contributed by atoms with Crippen LogP contribution in [0.25, 0.3) is 0 Å². The van der Waals surface area contributed by atoms with Crippen molar-refractivity contribution in [3.05, 3.63) is 0 Å². The molecule has 2 aliphatic rings. The van der Waals surface area contributed by atoms with Gasteiger partial charge >= 0.3 is 6.18 Å². The van der Waals surface area contributed by atoms with Crippen molar-refractivity contribution in [3.8, 4) is 0 Å². The number of hydrogen-bond donors (Lipinski definition) is 2. The smallest absolute Gasteiger partial charge is 0.379 e. The number of hydrogen-bond acceptors (Lipinski definition) is 6. The summed E-state index contributed by atoms with van der Waals surface area (Å²) in [4.78, 5) is 14.0. The van der Waals surface area contributed by atoms with E-state index in [4.69, 9.17) is 4.74 Å². The number of morpholine rings is 1. The Bertz CT molecular complexity index is 398. The van der Waals surface area contributed by atoms with Gasteiger partial charge in [0.05, 0.1) is 18.8 Å². The minimum absolute atomic E-state index is 0.561. The summed E-state index contributed by atoms with van der Waals surface area (Å²) in [5.74, 6) is -0.947. The molecule has 2 rings (SSSR count). The van der Waals surface area contributed by atoms with Gasteiger partial charge in [-0.2, -0.15) is 13.2 Å². The lowest BCUT2D eigenvalue weighted by atomic mass is 9.87. The summed E-state index contributed by atoms with van der Waals surface area (Å²) >= 11 is 4.16. The molecule has 0 spiro atoms. The molecule has 2 fully saturated rings. The molecule has 5 nitrogen and oxygen atoms in total. The molecule has 0 aromatic rings. The van der Waals surface area contributed by atoms with Gasteiger partial charge in [0.1, 0.15) is 6.42 Å². The van der Waals surface area contributed by atoms with E-state index in [0.29, 0.717) is 45.7 Å². The number of thiol groups is 1. The van der Waals surface area contributed by atoms with E-state index in [1.54, 1.807) is 0 Å². The van der Waals surface area contributed by atoms with Crippen LogP contribution in [0, 0.1) is 0 Å². The minimum atomic E-state index is -4.48. The topological polar surface area (TPSA) is 44.8 Å². The molecule has 1 amide bonds. The molecule has 0 atom stereocenters. The van der Waals surface area contributed by atoms with Gasteiger partial charge in [-0.25, -0.2) is 4.31 Å². The van der Waals surface area contributed by atoms with Gasteiger partial charge in [-0.15, -0.1) is 0 Å². The van der Waals surface area contributed by atoms with E-state index in [2.05, 4.69) is 21.9 Å². The zero-order valence-electron chi connectivity index (χ0n) is 12.8. The fourth-order valence-electron chi connectivity index (χ4n) is 3.03. The number of nitrogens with one attached hydrogen (secondary N) is 1. The summed E-state index contributed by atoms with van der Waals surface area (Å²) in [5, 5.41) is 2.68. The highest BCUT2D eigenvalue weighted by molar-refractivity contribution is 8.67. The third kappa shape index (κ3) is 6.33. The fraction of sp³-hybridized carbons (Fsp3) is 0.923. The number of alkyl halides is 3. The van der Waals surface area contributed by atoms with E-state index >= 15 is 0 Å². The van der Waals surface area contributed by atoms with Crippen molar-refractivity contribution in [3.63, 3.8) is 0 Å². The molecule has 0 aliphatic carbocycles. The number of halogens is 3. The van der Waals surface area contributed by atoms with Crippen LogP contribution in [-0.2, 0) is 9.53 Å². The maximum atomic E-state index is 12.5. The highest BCUT2D eigenvalue weighted by atomic mass is 33.1. The van der Waals surface area contributed by atoms with Crippen molar-refractivity contribution in [2.45, 2.75) is 31.0 Å². The van der Waals surface area contributed by atoms with E-state index in [1.165, 1.54) is 11.0 Å². The summed E-state index contributed by atoms with van der Waals surface area (Å²) in [7, 11) is 1.32. The van der Waals surface area contributed by atoms with Gasteiger partial charge in [-0.1, -0.05) is 11.7 Å². The Morgan fingerprint density at radius 1 is 1.22 bits per heavy atom. The van der Waals surface area contributed by atoms with Gasteiger partial charge in [0.15, 0.2) is 0 Å². The normalized spacial score (nSPS) is 23.7. The largest absolute Gasteiger partial charge is 0.397 e. The molecule has 2 aliphatic heterocycles. The Morgan fingerprint density at radius 2 is 1.83 bits per heavy atom. The van der Waals surface area contributed by atoms with E-state index in [-0.39, 0.29) is 0 Å². The molecule has 134 valence electrons. The van der Waals surface area contributed by atoms with Gasteiger partial charge in [0, 0.05) is 32.7 Å². The monoisotopic (exact) mass is 373 g/mol. The van der Waals surface area contributed by atoms with Crippen LogP contribution in [0.3, 0.4) is 0 Å². The Kier molecular flexibility index (Phi) is 6.90. The van der Waals surface area contributed by atoms with Gasteiger partial charge in [-0.3, -0.25) is 9.69 Å². The van der Waals surface area contributed by atoms with Crippen LogP contribution in [0.5, 0.6) is 0 Å². The first-order valence-electron chi connectivity index (χ1n) is 7.56. The molecule has 23 heavy (non-hydrogen) atoms. The molecular weight excluding hydrogens is 351 g/mol. The Labute approximate surface area is 143 Å². The van der Waals surface area contributed by atoms with E-state index in [1.807, 2.05) is 4.31 Å². The van der Waals surface area contributed by atoms with Crippen LogP contribution in [0.1, 0.15) is 19.3 Å². The third-order valence-corrected chi connectivity index (χ3v) is 5.48. The van der Waals surface area contributed by atoms with Crippen molar-refractivity contribution < 1.29 is 22.7 Å². The Morgan fingerprint density at radius 3 is 2.35 bits per heavy atom. The first kappa shape index (κ1) is 19.2. The number of piperidine rings is 1. The average Bonchev–Trinajstić information content (AvgIpc) is 2.47. The number of rotatable bonds is 5. The zero-order chi connectivity index (χ0) is 16.9. The van der Waals surface area contributed by atoms with E-state index in [9.17, 15) is 18.0 Å². The molecule has 0 aromatic heterocycles. The quantitative estimate of drug-likeness (QED) is 0.436. The molecule has 10 heteroatoms. The summed E-state index contributed by atoms with van der Waals surface area (Å²) in [6, 6.07) is 0. The number of amides is 1. The van der Waals surface area contributed by atoms with Crippen LogP contribution < -0.4 is 5.32 Å². The number of carbonyl (C=O) groups excluding carboxylic acids is 1. The van der Waals surface area contributed by atoms with Crippen molar-refractivity contribution in [2.75, 3.05) is 45.9 Å². The minimum Gasteiger partial charge on any atom is -0.379 e. The highest BCUT2D eigenvalue weighted by Crippen LogP contribution is 2.29. The van der Waals surface area contributed by atoms with Gasteiger partial charge in [0.25, 0.3) is 0 Å². The SMILES string of the molecule is O=C(CC(F)(F)F)NC1(CN2CCOCC2)CCN(SS)CC1. The zero-order valence-corrected chi connectivity index (χ0v) is 14.5. The van der Waals surface area contributed by atoms with E-state index < -0.39 is 24.0 Å². The van der Waals surface area contributed by atoms with Crippen molar-refractivity contribution in [2.24, 2.45) is 0 Å². The highest BCUT2D eigenvalue weighted by Gasteiger charge is 2.40. The van der Waals surface area contributed by atoms with Crippen molar-refractivity contribution in [1.82, 2.24) is 14.5 Å². The summed E-state index contributed by atoms with van der Waals surface area (Å²) in [5.41, 5.74) is -0.611. The number of nitrogens with zero attached hydrogens (tertiary/aromatic N) is 2. The number of ether oxygens (including phenoxy) is 1. The predicted molar refractivity (Wildman–Crippen MR) is 86.2 cm³/mol. The van der Waals surface area contributed by atoms with E-state index in [0.717, 1.165) is 13.1 Å². The average molecular weight is 373 g/mol. The van der Waals surface area contributed by atoms with Crippen LogP contribution in [0.15, 0.2) is 0 Å². The number of carbonyl (C=O) groups is 1. The second-order valence-electron chi connectivity index (χ2n) is 6.02. The third-order valence-electron chi connectivity index (χ3n) is 4.19. The predicted octanol–water partition coefficient (Wildman–Crippen LogP) is 1.71. The first-order chi connectivity index (χ1) is 10.8. The van der Waals surface area contributed by atoms with Gasteiger partial charge in [-0.05, 0) is 23.8 Å². The van der Waals surface area contributed by atoms with Crippen LogP contribution >= 0.6 is 22.6 Å². The molecule has 0 bridgehead atoms.